The molecule has 0 amide bonds. The lowest BCUT2D eigenvalue weighted by molar-refractivity contribution is 0.616. The van der Waals surface area contributed by atoms with Crippen molar-refractivity contribution in [2.45, 2.75) is 25.2 Å². The maximum absolute atomic E-state index is 12.0. The van der Waals surface area contributed by atoms with E-state index in [9.17, 15) is 4.21 Å². The molecule has 0 aliphatic carbocycles. The van der Waals surface area contributed by atoms with Crippen molar-refractivity contribution in [3.05, 3.63) is 22.7 Å². The largest absolute Gasteiger partial charge is 0.398 e. The molecule has 0 radical (unpaired) electrons. The first-order chi connectivity index (χ1) is 7.04. The number of hydrogen-bond acceptors (Lipinski definition) is 2. The first-order valence-electron chi connectivity index (χ1n) is 4.98. The molecule has 0 fully saturated rings. The van der Waals surface area contributed by atoms with Crippen LogP contribution in [0.3, 0.4) is 0 Å². The summed E-state index contributed by atoms with van der Waals surface area (Å²) >= 11 is 3.33. The summed E-state index contributed by atoms with van der Waals surface area (Å²) in [5.41, 5.74) is 6.42. The molecule has 0 saturated carbocycles. The highest BCUT2D eigenvalue weighted by atomic mass is 79.9. The molecule has 0 saturated heterocycles. The number of nitrogen functional groups attached to an aromatic ring is 1. The van der Waals surface area contributed by atoms with E-state index in [-0.39, 0.29) is 0 Å². The lowest BCUT2D eigenvalue weighted by Crippen LogP contribution is -2.08. The van der Waals surface area contributed by atoms with Crippen molar-refractivity contribution in [1.82, 2.24) is 0 Å². The summed E-state index contributed by atoms with van der Waals surface area (Å²) in [6.45, 7) is 4.21. The molecule has 0 spiro atoms. The van der Waals surface area contributed by atoms with Crippen LogP contribution in [0.25, 0.3) is 0 Å². The molecule has 1 rings (SSSR count). The Morgan fingerprint density at radius 1 is 1.53 bits per heavy atom. The second kappa shape index (κ2) is 5.66. The molecule has 2 atom stereocenters. The van der Waals surface area contributed by atoms with E-state index in [1.165, 1.54) is 0 Å². The summed E-state index contributed by atoms with van der Waals surface area (Å²) in [4.78, 5) is 0.749. The number of anilines is 1. The van der Waals surface area contributed by atoms with E-state index >= 15 is 0 Å². The van der Waals surface area contributed by atoms with Crippen molar-refractivity contribution < 1.29 is 4.21 Å². The Hall–Kier alpha value is -0.350. The van der Waals surface area contributed by atoms with Crippen LogP contribution in [0.1, 0.15) is 20.3 Å². The van der Waals surface area contributed by atoms with E-state index in [0.717, 1.165) is 15.8 Å². The lowest BCUT2D eigenvalue weighted by atomic mass is 10.2. The highest BCUT2D eigenvalue weighted by Crippen LogP contribution is 2.22. The predicted octanol–water partition coefficient (Wildman–Crippen LogP) is 3.19. The Bertz CT molecular complexity index is 368. The van der Waals surface area contributed by atoms with Gasteiger partial charge >= 0.3 is 0 Å². The van der Waals surface area contributed by atoms with Crippen LogP contribution in [-0.2, 0) is 10.8 Å². The number of nitrogens with two attached hydrogens (primary N) is 1. The van der Waals surface area contributed by atoms with Gasteiger partial charge in [0.1, 0.15) is 0 Å². The van der Waals surface area contributed by atoms with Gasteiger partial charge in [0.2, 0.25) is 0 Å². The van der Waals surface area contributed by atoms with Crippen LogP contribution >= 0.6 is 15.9 Å². The van der Waals surface area contributed by atoms with Crippen molar-refractivity contribution in [1.29, 1.82) is 0 Å². The van der Waals surface area contributed by atoms with Crippen LogP contribution in [0.2, 0.25) is 0 Å². The number of hydrogen-bond donors (Lipinski definition) is 1. The standard InChI is InChI=1S/C11H16BrNOS/c1-3-8(2)7-15(14)11-5-4-9(12)6-10(11)13/h4-6,8H,3,7,13H2,1-2H3. The summed E-state index contributed by atoms with van der Waals surface area (Å²) in [6.07, 6.45) is 1.04. The highest BCUT2D eigenvalue weighted by molar-refractivity contribution is 9.10. The minimum absolute atomic E-state index is 0.467. The molecule has 0 aliphatic heterocycles. The van der Waals surface area contributed by atoms with Crippen LogP contribution in [-0.4, -0.2) is 9.96 Å². The van der Waals surface area contributed by atoms with Crippen molar-refractivity contribution in [3.8, 4) is 0 Å². The molecule has 4 heteroatoms. The first kappa shape index (κ1) is 12.7. The minimum atomic E-state index is -0.979. The third-order valence-corrected chi connectivity index (χ3v) is 4.58. The highest BCUT2D eigenvalue weighted by Gasteiger charge is 2.11. The van der Waals surface area contributed by atoms with Crippen molar-refractivity contribution in [2.24, 2.45) is 5.92 Å². The molecule has 2 N–H and O–H groups in total. The Labute approximate surface area is 102 Å². The Kier molecular flexibility index (Phi) is 4.80. The molecule has 1 aromatic rings. The van der Waals surface area contributed by atoms with Crippen LogP contribution in [0.4, 0.5) is 5.69 Å². The topological polar surface area (TPSA) is 43.1 Å². The van der Waals surface area contributed by atoms with Crippen molar-refractivity contribution >= 4 is 32.4 Å². The summed E-state index contributed by atoms with van der Waals surface area (Å²) in [5.74, 6) is 1.15. The molecular formula is C11H16BrNOS. The minimum Gasteiger partial charge on any atom is -0.398 e. The van der Waals surface area contributed by atoms with Crippen molar-refractivity contribution in [3.63, 3.8) is 0 Å². The normalized spacial score (nSPS) is 14.9. The first-order valence-corrected chi connectivity index (χ1v) is 7.09. The van der Waals surface area contributed by atoms with Gasteiger partial charge in [0, 0.05) is 15.9 Å². The third kappa shape index (κ3) is 3.61. The maximum Gasteiger partial charge on any atom is 0.0618 e. The van der Waals surface area contributed by atoms with E-state index < -0.39 is 10.8 Å². The van der Waals surface area contributed by atoms with E-state index in [2.05, 4.69) is 29.8 Å². The molecule has 1 aromatic carbocycles. The Morgan fingerprint density at radius 2 is 2.20 bits per heavy atom. The number of halogens is 1. The zero-order chi connectivity index (χ0) is 11.4. The van der Waals surface area contributed by atoms with E-state index in [4.69, 9.17) is 5.73 Å². The molecule has 84 valence electrons. The van der Waals surface area contributed by atoms with Gasteiger partial charge in [-0.05, 0) is 24.1 Å². The zero-order valence-corrected chi connectivity index (χ0v) is 11.4. The maximum atomic E-state index is 12.0. The molecule has 0 aromatic heterocycles. The molecular weight excluding hydrogens is 274 g/mol. The summed E-state index contributed by atoms with van der Waals surface area (Å²) in [6, 6.07) is 5.50. The molecule has 0 bridgehead atoms. The second-order valence-corrected chi connectivity index (χ2v) is 6.09. The van der Waals surface area contributed by atoms with Gasteiger partial charge in [-0.1, -0.05) is 36.2 Å². The predicted molar refractivity (Wildman–Crippen MR) is 69.3 cm³/mol. The van der Waals surface area contributed by atoms with E-state index in [1.54, 1.807) is 6.07 Å². The smallest absolute Gasteiger partial charge is 0.0618 e. The van der Waals surface area contributed by atoms with Crippen LogP contribution in [0.15, 0.2) is 27.6 Å². The molecule has 2 nitrogen and oxygen atoms in total. The summed E-state index contributed by atoms with van der Waals surface area (Å²) < 4.78 is 12.9. The fourth-order valence-electron chi connectivity index (χ4n) is 1.19. The van der Waals surface area contributed by atoms with Gasteiger partial charge in [0.15, 0.2) is 0 Å². The summed E-state index contributed by atoms with van der Waals surface area (Å²) in [7, 11) is -0.979. The average Bonchev–Trinajstić information content (AvgIpc) is 2.17. The lowest BCUT2D eigenvalue weighted by Gasteiger charge is -2.10. The van der Waals surface area contributed by atoms with Gasteiger partial charge in [-0.3, -0.25) is 4.21 Å². The van der Waals surface area contributed by atoms with Crippen LogP contribution in [0, 0.1) is 5.92 Å². The average molecular weight is 290 g/mol. The second-order valence-electron chi connectivity index (χ2n) is 3.71. The molecule has 2 unspecified atom stereocenters. The van der Waals surface area contributed by atoms with Gasteiger partial charge in [-0.25, -0.2) is 0 Å². The molecule has 0 aliphatic rings. The van der Waals surface area contributed by atoms with E-state index in [0.29, 0.717) is 17.4 Å². The monoisotopic (exact) mass is 289 g/mol. The van der Waals surface area contributed by atoms with Gasteiger partial charge in [0.25, 0.3) is 0 Å². The Balaban J connectivity index is 2.82. The molecule has 15 heavy (non-hydrogen) atoms. The molecule has 0 heterocycles. The third-order valence-electron chi connectivity index (χ3n) is 2.35. The Morgan fingerprint density at radius 3 is 2.73 bits per heavy atom. The van der Waals surface area contributed by atoms with Gasteiger partial charge in [-0.15, -0.1) is 0 Å². The quantitative estimate of drug-likeness (QED) is 0.865. The van der Waals surface area contributed by atoms with Crippen LogP contribution in [0.5, 0.6) is 0 Å². The fourth-order valence-corrected chi connectivity index (χ4v) is 3.05. The fraction of sp³-hybridized carbons (Fsp3) is 0.455. The van der Waals surface area contributed by atoms with E-state index in [1.807, 2.05) is 12.1 Å². The summed E-state index contributed by atoms with van der Waals surface area (Å²) in [5, 5.41) is 0. The number of benzene rings is 1. The van der Waals surface area contributed by atoms with Crippen LogP contribution < -0.4 is 5.73 Å². The van der Waals surface area contributed by atoms with Gasteiger partial charge < -0.3 is 5.73 Å². The number of rotatable bonds is 4. The van der Waals surface area contributed by atoms with Gasteiger partial charge in [0.05, 0.1) is 15.7 Å². The zero-order valence-electron chi connectivity index (χ0n) is 9.00. The van der Waals surface area contributed by atoms with Crippen molar-refractivity contribution in [2.75, 3.05) is 11.5 Å². The SMILES string of the molecule is CCC(C)CS(=O)c1ccc(Br)cc1N. The van der Waals surface area contributed by atoms with Gasteiger partial charge in [-0.2, -0.15) is 0 Å².